The highest BCUT2D eigenvalue weighted by atomic mass is 16.3. The molecular weight excluding hydrogens is 478 g/mol. The van der Waals surface area contributed by atoms with Crippen molar-refractivity contribution in [2.24, 2.45) is 0 Å². The minimum atomic E-state index is -0.507. The van der Waals surface area contributed by atoms with Crippen LogP contribution in [0.25, 0.3) is 16.6 Å². The quantitative estimate of drug-likeness (QED) is 0.350. The summed E-state index contributed by atoms with van der Waals surface area (Å²) in [6.07, 6.45) is 9.29. The van der Waals surface area contributed by atoms with Crippen LogP contribution in [0.15, 0.2) is 67.0 Å². The van der Waals surface area contributed by atoms with E-state index in [9.17, 15) is 14.7 Å². The monoisotopic (exact) mass is 509 g/mol. The first kappa shape index (κ1) is 24.3. The highest BCUT2D eigenvalue weighted by Gasteiger charge is 2.26. The van der Waals surface area contributed by atoms with Crippen molar-refractivity contribution in [1.82, 2.24) is 25.2 Å². The summed E-state index contributed by atoms with van der Waals surface area (Å²) < 4.78 is 1.74. The van der Waals surface area contributed by atoms with Crippen LogP contribution in [0.1, 0.15) is 70.6 Å². The number of pyridine rings is 1. The number of benzene rings is 1. The third kappa shape index (κ3) is 5.31. The molecule has 2 amide bonds. The second kappa shape index (κ2) is 10.4. The summed E-state index contributed by atoms with van der Waals surface area (Å²) >= 11 is 0. The van der Waals surface area contributed by atoms with Crippen molar-refractivity contribution >= 4 is 17.3 Å². The van der Waals surface area contributed by atoms with Crippen molar-refractivity contribution in [3.05, 3.63) is 89.5 Å². The molecule has 2 aliphatic carbocycles. The fourth-order valence-electron chi connectivity index (χ4n) is 5.09. The lowest BCUT2D eigenvalue weighted by Crippen LogP contribution is -2.45. The van der Waals surface area contributed by atoms with Gasteiger partial charge in [-0.05, 0) is 73.1 Å². The number of amides is 2. The Morgan fingerprint density at radius 3 is 2.39 bits per heavy atom. The summed E-state index contributed by atoms with van der Waals surface area (Å²) in [5.74, 6) is -0.378. The van der Waals surface area contributed by atoms with Gasteiger partial charge in [0.1, 0.15) is 11.4 Å². The number of aliphatic hydroxyl groups excluding tert-OH is 1. The Morgan fingerprint density at radius 2 is 1.66 bits per heavy atom. The van der Waals surface area contributed by atoms with E-state index >= 15 is 0 Å². The third-order valence-electron chi connectivity index (χ3n) is 7.45. The Bertz CT molecular complexity index is 1460. The van der Waals surface area contributed by atoms with E-state index in [1.165, 1.54) is 0 Å². The largest absolute Gasteiger partial charge is 0.391 e. The normalized spacial score (nSPS) is 19.3. The molecule has 2 saturated carbocycles. The molecular formula is C30H31N5O3. The van der Waals surface area contributed by atoms with Gasteiger partial charge < -0.3 is 15.7 Å². The van der Waals surface area contributed by atoms with Crippen LogP contribution in [0.5, 0.6) is 0 Å². The SMILES string of the molecule is O=C(NC1CC1)c1ccc(-c2ccc(Cc3cc(C(=O)N[C@H]4CCCC[C@@H]4O)nn4cccc34)cc2)cn1. The van der Waals surface area contributed by atoms with Gasteiger partial charge in [-0.2, -0.15) is 5.10 Å². The molecule has 2 fully saturated rings. The number of nitrogens with zero attached hydrogens (tertiary/aromatic N) is 3. The first-order valence-corrected chi connectivity index (χ1v) is 13.4. The summed E-state index contributed by atoms with van der Waals surface area (Å²) in [4.78, 5) is 29.6. The number of aromatic nitrogens is 3. The number of aliphatic hydroxyl groups is 1. The van der Waals surface area contributed by atoms with Gasteiger partial charge in [-0.3, -0.25) is 14.6 Å². The summed E-state index contributed by atoms with van der Waals surface area (Å²) in [7, 11) is 0. The molecule has 38 heavy (non-hydrogen) atoms. The van der Waals surface area contributed by atoms with E-state index in [2.05, 4.69) is 32.8 Å². The van der Waals surface area contributed by atoms with Gasteiger partial charge in [-0.15, -0.1) is 0 Å². The molecule has 3 heterocycles. The van der Waals surface area contributed by atoms with E-state index < -0.39 is 6.10 Å². The molecule has 0 spiro atoms. The summed E-state index contributed by atoms with van der Waals surface area (Å²) in [5, 5.41) is 20.7. The molecule has 194 valence electrons. The van der Waals surface area contributed by atoms with Crippen molar-refractivity contribution in [3.8, 4) is 11.1 Å². The van der Waals surface area contributed by atoms with Crippen molar-refractivity contribution < 1.29 is 14.7 Å². The maximum atomic E-state index is 13.0. The lowest BCUT2D eigenvalue weighted by molar-refractivity contribution is 0.0712. The number of hydrogen-bond acceptors (Lipinski definition) is 5. The highest BCUT2D eigenvalue weighted by molar-refractivity contribution is 5.93. The molecule has 3 aromatic heterocycles. The third-order valence-corrected chi connectivity index (χ3v) is 7.45. The second-order valence-electron chi connectivity index (χ2n) is 10.4. The first-order valence-electron chi connectivity index (χ1n) is 13.4. The molecule has 1 aromatic carbocycles. The molecule has 0 radical (unpaired) electrons. The molecule has 0 unspecified atom stereocenters. The molecule has 0 aliphatic heterocycles. The van der Waals surface area contributed by atoms with Crippen molar-refractivity contribution in [3.63, 3.8) is 0 Å². The molecule has 4 aromatic rings. The molecule has 3 N–H and O–H groups in total. The molecule has 2 atom stereocenters. The molecule has 6 rings (SSSR count). The van der Waals surface area contributed by atoms with Crippen LogP contribution >= 0.6 is 0 Å². The average Bonchev–Trinajstić information content (AvgIpc) is 3.62. The number of rotatable bonds is 7. The van der Waals surface area contributed by atoms with E-state index in [1.54, 1.807) is 16.8 Å². The lowest BCUT2D eigenvalue weighted by atomic mass is 9.92. The van der Waals surface area contributed by atoms with E-state index in [4.69, 9.17) is 0 Å². The molecule has 2 aliphatic rings. The van der Waals surface area contributed by atoms with Crippen LogP contribution in [-0.4, -0.2) is 49.7 Å². The van der Waals surface area contributed by atoms with Gasteiger partial charge in [0.2, 0.25) is 0 Å². The average molecular weight is 510 g/mol. The Morgan fingerprint density at radius 1 is 0.895 bits per heavy atom. The number of fused-ring (bicyclic) bond motifs is 1. The van der Waals surface area contributed by atoms with Crippen LogP contribution in [0, 0.1) is 0 Å². The van der Waals surface area contributed by atoms with Crippen LogP contribution in [0.4, 0.5) is 0 Å². The minimum Gasteiger partial charge on any atom is -0.391 e. The van der Waals surface area contributed by atoms with Gasteiger partial charge in [-0.1, -0.05) is 43.2 Å². The van der Waals surface area contributed by atoms with E-state index in [1.807, 2.05) is 42.6 Å². The van der Waals surface area contributed by atoms with Crippen molar-refractivity contribution in [2.75, 3.05) is 0 Å². The zero-order chi connectivity index (χ0) is 26.1. The zero-order valence-corrected chi connectivity index (χ0v) is 21.1. The Hall–Kier alpha value is -4.04. The van der Waals surface area contributed by atoms with E-state index in [-0.39, 0.29) is 17.9 Å². The smallest absolute Gasteiger partial charge is 0.272 e. The van der Waals surface area contributed by atoms with E-state index in [0.717, 1.165) is 59.9 Å². The van der Waals surface area contributed by atoms with Crippen LogP contribution < -0.4 is 10.6 Å². The fraction of sp³-hybridized carbons (Fsp3) is 0.333. The summed E-state index contributed by atoms with van der Waals surface area (Å²) in [6.45, 7) is 0. The molecule has 0 bridgehead atoms. The van der Waals surface area contributed by atoms with Gasteiger partial charge in [-0.25, -0.2) is 4.52 Å². The number of carbonyl (C=O) groups is 2. The zero-order valence-electron chi connectivity index (χ0n) is 21.1. The minimum absolute atomic E-state index is 0.119. The van der Waals surface area contributed by atoms with Crippen molar-refractivity contribution in [1.29, 1.82) is 0 Å². The van der Waals surface area contributed by atoms with E-state index in [0.29, 0.717) is 30.3 Å². The van der Waals surface area contributed by atoms with Gasteiger partial charge >= 0.3 is 0 Å². The highest BCUT2D eigenvalue weighted by Crippen LogP contribution is 2.24. The molecule has 8 nitrogen and oxygen atoms in total. The number of nitrogens with one attached hydrogen (secondary N) is 2. The molecule has 8 heteroatoms. The topological polar surface area (TPSA) is 109 Å². The predicted molar refractivity (Wildman–Crippen MR) is 144 cm³/mol. The summed E-state index contributed by atoms with van der Waals surface area (Å²) in [6, 6.07) is 17.8. The van der Waals surface area contributed by atoms with Gasteiger partial charge in [0.15, 0.2) is 0 Å². The number of carbonyl (C=O) groups excluding carboxylic acids is 2. The van der Waals surface area contributed by atoms with Gasteiger partial charge in [0.25, 0.3) is 11.8 Å². The molecule has 0 saturated heterocycles. The van der Waals surface area contributed by atoms with Crippen LogP contribution in [-0.2, 0) is 6.42 Å². The maximum absolute atomic E-state index is 13.0. The lowest BCUT2D eigenvalue weighted by Gasteiger charge is -2.28. The fourth-order valence-corrected chi connectivity index (χ4v) is 5.09. The second-order valence-corrected chi connectivity index (χ2v) is 10.4. The Balaban J connectivity index is 1.17. The maximum Gasteiger partial charge on any atom is 0.272 e. The Labute approximate surface area is 221 Å². The summed E-state index contributed by atoms with van der Waals surface area (Å²) in [5.41, 5.74) is 5.79. The van der Waals surface area contributed by atoms with Crippen LogP contribution in [0.2, 0.25) is 0 Å². The van der Waals surface area contributed by atoms with Crippen molar-refractivity contribution in [2.45, 2.75) is 63.1 Å². The Kier molecular flexibility index (Phi) is 6.64. The first-order chi connectivity index (χ1) is 18.5. The van der Waals surface area contributed by atoms with Crippen LogP contribution in [0.3, 0.4) is 0 Å². The number of hydrogen-bond donors (Lipinski definition) is 3. The van der Waals surface area contributed by atoms with Gasteiger partial charge in [0, 0.05) is 24.0 Å². The predicted octanol–water partition coefficient (Wildman–Crippen LogP) is 3.91. The van der Waals surface area contributed by atoms with Gasteiger partial charge in [0.05, 0.1) is 17.7 Å². The standard InChI is InChI=1S/C30H31N5O3/c36-28-6-2-1-4-24(28)33-30(38)26-17-22(27-5-3-15-35(27)34-26)16-19-7-9-20(10-8-19)21-11-14-25(31-18-21)29(37)32-23-12-13-23/h3,5,7-11,14-15,17-18,23-24,28,36H,1-2,4,6,12-13,16H2,(H,32,37)(H,33,38)/t24-,28-/m0/s1.